The molecule has 0 bridgehead atoms. The number of carbonyl (C=O) groups excluding carboxylic acids is 1. The number of nitro groups is 1. The van der Waals surface area contributed by atoms with E-state index in [2.05, 4.69) is 15.5 Å². The first-order valence-corrected chi connectivity index (χ1v) is 10.7. The van der Waals surface area contributed by atoms with Crippen LogP contribution in [0.15, 0.2) is 47.6 Å². The van der Waals surface area contributed by atoms with Crippen molar-refractivity contribution in [3.8, 4) is 5.75 Å². The van der Waals surface area contributed by atoms with Gasteiger partial charge in [0.15, 0.2) is 11.0 Å². The molecule has 0 aliphatic heterocycles. The number of aryl methyl sites for hydroxylation is 1. The molecule has 9 nitrogen and oxygen atoms in total. The molecular weight excluding hydrogens is 442 g/mol. The molecule has 3 rings (SSSR count). The predicted octanol–water partition coefficient (Wildman–Crippen LogP) is 4.48. The summed E-state index contributed by atoms with van der Waals surface area (Å²) >= 11 is 7.13. The van der Waals surface area contributed by atoms with Gasteiger partial charge in [-0.1, -0.05) is 23.4 Å². The summed E-state index contributed by atoms with van der Waals surface area (Å²) < 4.78 is 7.61. The number of non-ortho nitro benzene ring substituents is 1. The van der Waals surface area contributed by atoms with Gasteiger partial charge < -0.3 is 14.6 Å². The molecule has 0 aliphatic rings. The Morgan fingerprint density at radius 3 is 2.65 bits per heavy atom. The number of benzene rings is 2. The summed E-state index contributed by atoms with van der Waals surface area (Å²) in [5, 5.41) is 23.2. The molecule has 0 saturated carbocycles. The van der Waals surface area contributed by atoms with E-state index in [-0.39, 0.29) is 24.0 Å². The number of hydrogen-bond acceptors (Lipinski definition) is 7. The van der Waals surface area contributed by atoms with Crippen LogP contribution in [0.5, 0.6) is 5.75 Å². The molecular formula is C20H20ClN5O4S. The van der Waals surface area contributed by atoms with Gasteiger partial charge >= 0.3 is 0 Å². The minimum atomic E-state index is -0.472. The van der Waals surface area contributed by atoms with E-state index in [1.165, 1.54) is 30.0 Å². The quantitative estimate of drug-likeness (QED) is 0.284. The van der Waals surface area contributed by atoms with Crippen molar-refractivity contribution >= 4 is 40.6 Å². The van der Waals surface area contributed by atoms with Gasteiger partial charge in [-0.3, -0.25) is 14.9 Å². The number of halogens is 1. The highest BCUT2D eigenvalue weighted by Gasteiger charge is 2.15. The highest BCUT2D eigenvalue weighted by molar-refractivity contribution is 7.99. The SMILES string of the molecule is CCn1c(COc2ccc(Cl)cc2)nnc1SCC(=O)Nc1ccc([N+](=O)[O-])cc1C. The lowest BCUT2D eigenvalue weighted by molar-refractivity contribution is -0.384. The Morgan fingerprint density at radius 2 is 2.00 bits per heavy atom. The molecule has 11 heteroatoms. The second kappa shape index (κ2) is 10.3. The van der Waals surface area contributed by atoms with Crippen molar-refractivity contribution in [3.63, 3.8) is 0 Å². The molecule has 2 aromatic carbocycles. The zero-order valence-electron chi connectivity index (χ0n) is 16.9. The van der Waals surface area contributed by atoms with E-state index >= 15 is 0 Å². The first-order valence-electron chi connectivity index (χ1n) is 9.35. The zero-order valence-corrected chi connectivity index (χ0v) is 18.4. The second-order valence-electron chi connectivity index (χ2n) is 6.48. The van der Waals surface area contributed by atoms with Crippen molar-refractivity contribution in [2.24, 2.45) is 0 Å². The van der Waals surface area contributed by atoms with Gasteiger partial charge in [0.25, 0.3) is 5.69 Å². The number of carbonyl (C=O) groups is 1. The third-order valence-electron chi connectivity index (χ3n) is 4.32. The molecule has 1 amide bonds. The highest BCUT2D eigenvalue weighted by Crippen LogP contribution is 2.23. The molecule has 3 aromatic rings. The Balaban J connectivity index is 1.58. The molecule has 0 radical (unpaired) electrons. The maximum Gasteiger partial charge on any atom is 0.269 e. The number of anilines is 1. The van der Waals surface area contributed by atoms with Gasteiger partial charge in [-0.25, -0.2) is 0 Å². The maximum atomic E-state index is 12.3. The topological polar surface area (TPSA) is 112 Å². The van der Waals surface area contributed by atoms with Gasteiger partial charge in [0.2, 0.25) is 5.91 Å². The summed E-state index contributed by atoms with van der Waals surface area (Å²) in [6, 6.07) is 11.3. The van der Waals surface area contributed by atoms with Crippen LogP contribution in [0.4, 0.5) is 11.4 Å². The van der Waals surface area contributed by atoms with E-state index in [0.29, 0.717) is 39.5 Å². The number of aromatic nitrogens is 3. The van der Waals surface area contributed by atoms with E-state index in [4.69, 9.17) is 16.3 Å². The Labute approximate surface area is 187 Å². The zero-order chi connectivity index (χ0) is 22.4. The summed E-state index contributed by atoms with van der Waals surface area (Å²) in [4.78, 5) is 22.7. The van der Waals surface area contributed by atoms with Gasteiger partial charge in [-0.2, -0.15) is 0 Å². The summed E-state index contributed by atoms with van der Waals surface area (Å²) in [6.45, 7) is 4.52. The first kappa shape index (κ1) is 22.6. The van der Waals surface area contributed by atoms with Crippen LogP contribution in [0, 0.1) is 17.0 Å². The van der Waals surface area contributed by atoms with Gasteiger partial charge in [-0.05, 0) is 49.7 Å². The number of nitrogens with zero attached hydrogens (tertiary/aromatic N) is 4. The van der Waals surface area contributed by atoms with Crippen LogP contribution in [0.3, 0.4) is 0 Å². The van der Waals surface area contributed by atoms with Gasteiger partial charge in [0.05, 0.1) is 10.7 Å². The summed E-state index contributed by atoms with van der Waals surface area (Å²) in [6.07, 6.45) is 0. The van der Waals surface area contributed by atoms with Crippen molar-refractivity contribution in [1.82, 2.24) is 14.8 Å². The molecule has 162 valence electrons. The van der Waals surface area contributed by atoms with E-state index in [1.807, 2.05) is 11.5 Å². The van der Waals surface area contributed by atoms with E-state index < -0.39 is 4.92 Å². The molecule has 1 N–H and O–H groups in total. The van der Waals surface area contributed by atoms with Gasteiger partial charge in [0, 0.05) is 29.4 Å². The normalized spacial score (nSPS) is 10.7. The minimum absolute atomic E-state index is 0.0192. The molecule has 0 aliphatic carbocycles. The lowest BCUT2D eigenvalue weighted by Gasteiger charge is -2.10. The van der Waals surface area contributed by atoms with Crippen LogP contribution < -0.4 is 10.1 Å². The average Bonchev–Trinajstić information content (AvgIpc) is 3.15. The van der Waals surface area contributed by atoms with Crippen LogP contribution in [0.25, 0.3) is 0 Å². The maximum absolute atomic E-state index is 12.3. The molecule has 1 heterocycles. The number of amides is 1. The lowest BCUT2D eigenvalue weighted by Crippen LogP contribution is -2.15. The van der Waals surface area contributed by atoms with Crippen molar-refractivity contribution < 1.29 is 14.5 Å². The Hall–Kier alpha value is -3.11. The Bertz CT molecular complexity index is 1090. The number of thioether (sulfide) groups is 1. The fraction of sp³-hybridized carbons (Fsp3) is 0.250. The van der Waals surface area contributed by atoms with Crippen molar-refractivity contribution in [3.05, 3.63) is 69.0 Å². The van der Waals surface area contributed by atoms with Gasteiger partial charge in [-0.15, -0.1) is 10.2 Å². The average molecular weight is 462 g/mol. The van der Waals surface area contributed by atoms with Gasteiger partial charge in [0.1, 0.15) is 12.4 Å². The molecule has 0 unspecified atom stereocenters. The standard InChI is InChI=1S/C20H20ClN5O4S/c1-3-25-18(11-30-16-7-4-14(21)5-8-16)23-24-20(25)31-12-19(27)22-17-9-6-15(26(28)29)10-13(17)2/h4-10H,3,11-12H2,1-2H3,(H,22,27). The number of nitro benzene ring substituents is 1. The highest BCUT2D eigenvalue weighted by atomic mass is 35.5. The fourth-order valence-electron chi connectivity index (χ4n) is 2.75. The van der Waals surface area contributed by atoms with Crippen LogP contribution in [0.2, 0.25) is 5.02 Å². The third kappa shape index (κ3) is 5.96. The Kier molecular flexibility index (Phi) is 7.48. The van der Waals surface area contributed by atoms with E-state index in [9.17, 15) is 14.9 Å². The molecule has 0 spiro atoms. The molecule has 0 fully saturated rings. The van der Waals surface area contributed by atoms with Crippen molar-refractivity contribution in [1.29, 1.82) is 0 Å². The lowest BCUT2D eigenvalue weighted by atomic mass is 10.2. The Morgan fingerprint density at radius 1 is 1.26 bits per heavy atom. The smallest absolute Gasteiger partial charge is 0.269 e. The monoisotopic (exact) mass is 461 g/mol. The number of ether oxygens (including phenoxy) is 1. The minimum Gasteiger partial charge on any atom is -0.486 e. The number of hydrogen-bond donors (Lipinski definition) is 1. The fourth-order valence-corrected chi connectivity index (χ4v) is 3.69. The van der Waals surface area contributed by atoms with Crippen molar-refractivity contribution in [2.75, 3.05) is 11.1 Å². The van der Waals surface area contributed by atoms with Crippen LogP contribution in [-0.4, -0.2) is 31.3 Å². The second-order valence-corrected chi connectivity index (χ2v) is 7.86. The number of rotatable bonds is 9. The first-order chi connectivity index (χ1) is 14.9. The summed E-state index contributed by atoms with van der Waals surface area (Å²) in [5.74, 6) is 1.19. The molecule has 31 heavy (non-hydrogen) atoms. The predicted molar refractivity (Wildman–Crippen MR) is 119 cm³/mol. The molecule has 1 aromatic heterocycles. The summed E-state index contributed by atoms with van der Waals surface area (Å²) in [7, 11) is 0. The van der Waals surface area contributed by atoms with Crippen molar-refractivity contribution in [2.45, 2.75) is 32.2 Å². The summed E-state index contributed by atoms with van der Waals surface area (Å²) in [5.41, 5.74) is 1.13. The molecule has 0 saturated heterocycles. The van der Waals surface area contributed by atoms with Crippen LogP contribution in [-0.2, 0) is 17.9 Å². The van der Waals surface area contributed by atoms with E-state index in [1.54, 1.807) is 31.2 Å². The third-order valence-corrected chi connectivity index (χ3v) is 5.54. The number of nitrogens with one attached hydrogen (secondary N) is 1. The van der Waals surface area contributed by atoms with E-state index in [0.717, 1.165) is 0 Å². The molecule has 0 atom stereocenters. The van der Waals surface area contributed by atoms with Crippen LogP contribution in [0.1, 0.15) is 18.3 Å². The largest absolute Gasteiger partial charge is 0.486 e. The van der Waals surface area contributed by atoms with Crippen LogP contribution >= 0.6 is 23.4 Å².